The number of nitrogens with zero attached hydrogens (tertiary/aromatic N) is 2. The molecule has 2 nitrogen and oxygen atoms in total. The molecule has 0 saturated carbocycles. The lowest BCUT2D eigenvalue weighted by Gasteiger charge is -2.26. The normalized spacial score (nSPS) is 11.1. The average molecular weight is 465 g/mol. The first-order chi connectivity index (χ1) is 17.7. The van der Waals surface area contributed by atoms with Crippen molar-refractivity contribution < 1.29 is 0 Å². The Bertz CT molecular complexity index is 1610. The van der Waals surface area contributed by atoms with Gasteiger partial charge in [-0.05, 0) is 85.1 Å². The highest BCUT2D eigenvalue weighted by atomic mass is 15.1. The number of aromatic nitrogens is 1. The molecule has 0 saturated heterocycles. The summed E-state index contributed by atoms with van der Waals surface area (Å²) in [7, 11) is 0. The van der Waals surface area contributed by atoms with E-state index in [4.69, 9.17) is 0 Å². The highest BCUT2D eigenvalue weighted by molar-refractivity contribution is 5.92. The van der Waals surface area contributed by atoms with Crippen LogP contribution in [0.15, 0.2) is 133 Å². The molecule has 0 bridgehead atoms. The number of hydrogen-bond donors (Lipinski definition) is 0. The Morgan fingerprint density at radius 3 is 1.69 bits per heavy atom. The molecule has 36 heavy (non-hydrogen) atoms. The maximum atomic E-state index is 2.36. The Kier molecular flexibility index (Phi) is 5.63. The van der Waals surface area contributed by atoms with Gasteiger partial charge in [0.15, 0.2) is 0 Å². The first-order valence-corrected chi connectivity index (χ1v) is 12.4. The standard InChI is InChI=1S/C34H28N2/c1-25-26(2)35(29-14-8-4-9-15-29)34-23-22-32(24-33(25)34)36(30-16-10-5-11-17-30)31-20-18-28(19-21-31)27-12-6-3-7-13-27/h3-24H,1-2H3. The summed E-state index contributed by atoms with van der Waals surface area (Å²) in [6.07, 6.45) is 0. The Morgan fingerprint density at radius 2 is 1.03 bits per heavy atom. The lowest BCUT2D eigenvalue weighted by atomic mass is 10.0. The number of fused-ring (bicyclic) bond motifs is 1. The van der Waals surface area contributed by atoms with Crippen LogP contribution in [0.3, 0.4) is 0 Å². The summed E-state index contributed by atoms with van der Waals surface area (Å²) < 4.78 is 2.36. The van der Waals surface area contributed by atoms with Gasteiger partial charge in [-0.3, -0.25) is 0 Å². The number of rotatable bonds is 5. The Balaban J connectivity index is 1.48. The van der Waals surface area contributed by atoms with Crippen molar-refractivity contribution in [3.05, 3.63) is 145 Å². The van der Waals surface area contributed by atoms with Crippen molar-refractivity contribution in [3.63, 3.8) is 0 Å². The van der Waals surface area contributed by atoms with Gasteiger partial charge in [-0.25, -0.2) is 0 Å². The van der Waals surface area contributed by atoms with Crippen LogP contribution in [0.5, 0.6) is 0 Å². The number of aryl methyl sites for hydroxylation is 1. The van der Waals surface area contributed by atoms with Gasteiger partial charge in [0, 0.05) is 33.8 Å². The van der Waals surface area contributed by atoms with Gasteiger partial charge in [0.1, 0.15) is 0 Å². The first-order valence-electron chi connectivity index (χ1n) is 12.4. The van der Waals surface area contributed by atoms with Crippen LogP contribution in [0.1, 0.15) is 11.3 Å². The molecule has 0 aliphatic carbocycles. The first kappa shape index (κ1) is 21.9. The molecule has 1 aromatic heterocycles. The fourth-order valence-electron chi connectivity index (χ4n) is 5.07. The predicted octanol–water partition coefficient (Wildman–Crippen LogP) is 9.38. The summed E-state index contributed by atoms with van der Waals surface area (Å²) in [5, 5.41) is 1.27. The summed E-state index contributed by atoms with van der Waals surface area (Å²) in [5.41, 5.74) is 10.9. The van der Waals surface area contributed by atoms with Crippen LogP contribution in [0.25, 0.3) is 27.7 Å². The molecule has 0 N–H and O–H groups in total. The maximum Gasteiger partial charge on any atom is 0.0535 e. The summed E-state index contributed by atoms with van der Waals surface area (Å²) >= 11 is 0. The molecule has 174 valence electrons. The summed E-state index contributed by atoms with van der Waals surface area (Å²) in [6.45, 7) is 4.43. The highest BCUT2D eigenvalue weighted by Crippen LogP contribution is 2.39. The molecule has 0 aliphatic rings. The summed E-state index contributed by atoms with van der Waals surface area (Å²) in [4.78, 5) is 2.34. The van der Waals surface area contributed by atoms with E-state index in [0.29, 0.717) is 0 Å². The molecule has 2 heteroatoms. The van der Waals surface area contributed by atoms with Crippen LogP contribution >= 0.6 is 0 Å². The third-order valence-corrected chi connectivity index (χ3v) is 7.02. The molecule has 0 spiro atoms. The zero-order valence-corrected chi connectivity index (χ0v) is 20.6. The average Bonchev–Trinajstić information content (AvgIpc) is 3.20. The number of para-hydroxylation sites is 2. The van der Waals surface area contributed by atoms with Crippen molar-refractivity contribution in [3.8, 4) is 16.8 Å². The van der Waals surface area contributed by atoms with Crippen molar-refractivity contribution >= 4 is 28.0 Å². The zero-order chi connectivity index (χ0) is 24.5. The molecule has 6 rings (SSSR count). The van der Waals surface area contributed by atoms with Gasteiger partial charge in [-0.1, -0.05) is 78.9 Å². The summed E-state index contributed by atoms with van der Waals surface area (Å²) in [6, 6.07) is 47.4. The topological polar surface area (TPSA) is 8.17 Å². The fraction of sp³-hybridized carbons (Fsp3) is 0.0588. The molecule has 6 aromatic rings. The van der Waals surface area contributed by atoms with Crippen molar-refractivity contribution in [2.45, 2.75) is 13.8 Å². The van der Waals surface area contributed by atoms with Gasteiger partial charge >= 0.3 is 0 Å². The second-order valence-electron chi connectivity index (χ2n) is 9.17. The van der Waals surface area contributed by atoms with E-state index in [1.165, 1.54) is 39.0 Å². The minimum atomic E-state index is 1.14. The molecular weight excluding hydrogens is 436 g/mol. The predicted molar refractivity (Wildman–Crippen MR) is 153 cm³/mol. The molecule has 0 aliphatic heterocycles. The van der Waals surface area contributed by atoms with Gasteiger partial charge in [0.05, 0.1) is 5.52 Å². The molecule has 0 amide bonds. The second-order valence-corrected chi connectivity index (χ2v) is 9.17. The Labute approximate surface area is 212 Å². The lowest BCUT2D eigenvalue weighted by molar-refractivity contribution is 1.04. The van der Waals surface area contributed by atoms with E-state index in [1.807, 2.05) is 0 Å². The van der Waals surface area contributed by atoms with E-state index in [-0.39, 0.29) is 0 Å². The number of anilines is 3. The van der Waals surface area contributed by atoms with Gasteiger partial charge in [-0.15, -0.1) is 0 Å². The zero-order valence-electron chi connectivity index (χ0n) is 20.6. The van der Waals surface area contributed by atoms with E-state index in [9.17, 15) is 0 Å². The molecular formula is C34H28N2. The van der Waals surface area contributed by atoms with Crippen molar-refractivity contribution in [1.82, 2.24) is 4.57 Å². The molecule has 0 fully saturated rings. The smallest absolute Gasteiger partial charge is 0.0535 e. The van der Waals surface area contributed by atoms with Crippen LogP contribution in [0.2, 0.25) is 0 Å². The van der Waals surface area contributed by atoms with Gasteiger partial charge in [0.2, 0.25) is 0 Å². The molecule has 1 heterocycles. The lowest BCUT2D eigenvalue weighted by Crippen LogP contribution is -2.09. The largest absolute Gasteiger partial charge is 0.314 e. The SMILES string of the molecule is Cc1c(C)n(-c2ccccc2)c2ccc(N(c3ccccc3)c3ccc(-c4ccccc4)cc3)cc12. The molecule has 0 radical (unpaired) electrons. The minimum Gasteiger partial charge on any atom is -0.314 e. The third kappa shape index (κ3) is 3.87. The van der Waals surface area contributed by atoms with E-state index < -0.39 is 0 Å². The van der Waals surface area contributed by atoms with Crippen molar-refractivity contribution in [2.24, 2.45) is 0 Å². The van der Waals surface area contributed by atoms with Gasteiger partial charge < -0.3 is 9.47 Å². The van der Waals surface area contributed by atoms with Crippen LogP contribution in [-0.2, 0) is 0 Å². The van der Waals surface area contributed by atoms with Crippen LogP contribution in [0.4, 0.5) is 17.1 Å². The summed E-state index contributed by atoms with van der Waals surface area (Å²) in [5.74, 6) is 0. The van der Waals surface area contributed by atoms with Crippen molar-refractivity contribution in [2.75, 3.05) is 4.90 Å². The second kappa shape index (κ2) is 9.24. The molecule has 0 atom stereocenters. The minimum absolute atomic E-state index is 1.14. The van der Waals surface area contributed by atoms with Crippen LogP contribution < -0.4 is 4.90 Å². The maximum absolute atomic E-state index is 2.36. The Morgan fingerprint density at radius 1 is 0.500 bits per heavy atom. The number of benzene rings is 5. The number of hydrogen-bond acceptors (Lipinski definition) is 1. The van der Waals surface area contributed by atoms with Gasteiger partial charge in [-0.2, -0.15) is 0 Å². The van der Waals surface area contributed by atoms with E-state index in [0.717, 1.165) is 17.1 Å². The van der Waals surface area contributed by atoms with E-state index in [2.05, 4.69) is 157 Å². The van der Waals surface area contributed by atoms with E-state index >= 15 is 0 Å². The monoisotopic (exact) mass is 464 g/mol. The van der Waals surface area contributed by atoms with Gasteiger partial charge in [0.25, 0.3) is 0 Å². The quantitative estimate of drug-likeness (QED) is 0.247. The van der Waals surface area contributed by atoms with Crippen LogP contribution in [0, 0.1) is 13.8 Å². The fourth-order valence-corrected chi connectivity index (χ4v) is 5.07. The van der Waals surface area contributed by atoms with Crippen molar-refractivity contribution in [1.29, 1.82) is 0 Å². The third-order valence-electron chi connectivity index (χ3n) is 7.02. The Hall–Kier alpha value is -4.56. The molecule has 0 unspecified atom stereocenters. The molecule has 5 aromatic carbocycles. The van der Waals surface area contributed by atoms with E-state index in [1.54, 1.807) is 0 Å². The highest BCUT2D eigenvalue weighted by Gasteiger charge is 2.17. The van der Waals surface area contributed by atoms with Crippen LogP contribution in [-0.4, -0.2) is 4.57 Å².